The van der Waals surface area contributed by atoms with Crippen LogP contribution in [-0.2, 0) is 17.8 Å². The summed E-state index contributed by atoms with van der Waals surface area (Å²) in [5.41, 5.74) is 3.23. The Kier molecular flexibility index (Phi) is 3.78. The Morgan fingerprint density at radius 3 is 2.71 bits per heavy atom. The van der Waals surface area contributed by atoms with Crippen LogP contribution >= 0.6 is 0 Å². The molecular formula is C17H20N2O2. The van der Waals surface area contributed by atoms with Gasteiger partial charge < -0.3 is 9.42 Å². The monoisotopic (exact) mass is 284 g/mol. The second-order valence-corrected chi connectivity index (χ2v) is 5.84. The lowest BCUT2D eigenvalue weighted by atomic mass is 9.99. The van der Waals surface area contributed by atoms with Crippen LogP contribution in [0.2, 0.25) is 0 Å². The molecule has 1 aliphatic heterocycles. The Bertz CT molecular complexity index is 614. The summed E-state index contributed by atoms with van der Waals surface area (Å²) >= 11 is 0. The maximum Gasteiger partial charge on any atom is 0.223 e. The average Bonchev–Trinajstić information content (AvgIpc) is 2.97. The number of aryl methyl sites for hydroxylation is 2. The first-order valence-electron chi connectivity index (χ1n) is 7.37. The molecule has 1 fully saturated rings. The summed E-state index contributed by atoms with van der Waals surface area (Å²) in [4.78, 5) is 14.1. The predicted molar refractivity (Wildman–Crippen MR) is 79.6 cm³/mol. The minimum atomic E-state index is 0.232. The van der Waals surface area contributed by atoms with E-state index in [1.807, 2.05) is 36.9 Å². The van der Waals surface area contributed by atoms with E-state index < -0.39 is 0 Å². The van der Waals surface area contributed by atoms with Gasteiger partial charge in [0.1, 0.15) is 5.76 Å². The molecule has 1 aromatic carbocycles. The summed E-state index contributed by atoms with van der Waals surface area (Å²) in [5.74, 6) is 1.45. The Morgan fingerprint density at radius 2 is 2.05 bits per heavy atom. The summed E-state index contributed by atoms with van der Waals surface area (Å²) in [6.07, 6.45) is 1.60. The Balaban J connectivity index is 1.65. The molecule has 0 spiro atoms. The van der Waals surface area contributed by atoms with Gasteiger partial charge in [-0.2, -0.15) is 0 Å². The van der Waals surface area contributed by atoms with Crippen LogP contribution < -0.4 is 0 Å². The molecule has 0 radical (unpaired) electrons. The number of rotatable bonds is 4. The number of aromatic nitrogens is 1. The normalized spacial score (nSPS) is 18.5. The van der Waals surface area contributed by atoms with Gasteiger partial charge in [-0.25, -0.2) is 0 Å². The summed E-state index contributed by atoms with van der Waals surface area (Å²) in [7, 11) is 0. The van der Waals surface area contributed by atoms with Crippen LogP contribution in [0.15, 0.2) is 34.9 Å². The minimum Gasteiger partial charge on any atom is -0.361 e. The van der Waals surface area contributed by atoms with E-state index in [1.54, 1.807) is 0 Å². The van der Waals surface area contributed by atoms with Gasteiger partial charge in [-0.05, 0) is 31.7 Å². The molecule has 0 saturated carbocycles. The maximum atomic E-state index is 12.2. The predicted octanol–water partition coefficient (Wildman–Crippen LogP) is 2.88. The van der Waals surface area contributed by atoms with Crippen LogP contribution in [0, 0.1) is 19.8 Å². The second kappa shape index (κ2) is 5.72. The lowest BCUT2D eigenvalue weighted by molar-refractivity contribution is -0.128. The standard InChI is InChI=1S/C17H20N2O2/c1-12-16(13(2)21-18-12)11-19-10-15(9-17(19)20)8-14-6-4-3-5-7-14/h3-7,15H,8-11H2,1-2H3. The fourth-order valence-electron chi connectivity index (χ4n) is 3.01. The van der Waals surface area contributed by atoms with Crippen LogP contribution in [-0.4, -0.2) is 22.5 Å². The maximum absolute atomic E-state index is 12.2. The fourth-order valence-corrected chi connectivity index (χ4v) is 3.01. The fraction of sp³-hybridized carbons (Fsp3) is 0.412. The highest BCUT2D eigenvalue weighted by Crippen LogP contribution is 2.25. The number of hydrogen-bond acceptors (Lipinski definition) is 3. The van der Waals surface area contributed by atoms with E-state index >= 15 is 0 Å². The highest BCUT2D eigenvalue weighted by molar-refractivity contribution is 5.78. The average molecular weight is 284 g/mol. The topological polar surface area (TPSA) is 46.3 Å². The highest BCUT2D eigenvalue weighted by Gasteiger charge is 2.30. The molecular weight excluding hydrogens is 264 g/mol. The van der Waals surface area contributed by atoms with Gasteiger partial charge in [0, 0.05) is 18.5 Å². The molecule has 0 bridgehead atoms. The van der Waals surface area contributed by atoms with Crippen molar-refractivity contribution in [2.24, 2.45) is 5.92 Å². The van der Waals surface area contributed by atoms with Gasteiger partial charge in [-0.1, -0.05) is 35.5 Å². The van der Waals surface area contributed by atoms with Gasteiger partial charge in [0.05, 0.1) is 12.2 Å². The molecule has 4 nitrogen and oxygen atoms in total. The quantitative estimate of drug-likeness (QED) is 0.867. The Hall–Kier alpha value is -2.10. The Morgan fingerprint density at radius 1 is 1.29 bits per heavy atom. The summed E-state index contributed by atoms with van der Waals surface area (Å²) in [6.45, 7) is 5.26. The van der Waals surface area contributed by atoms with Gasteiger partial charge in [0.15, 0.2) is 0 Å². The van der Waals surface area contributed by atoms with E-state index in [0.717, 1.165) is 30.0 Å². The second-order valence-electron chi connectivity index (χ2n) is 5.84. The molecule has 3 rings (SSSR count). The highest BCUT2D eigenvalue weighted by atomic mass is 16.5. The third-order valence-corrected chi connectivity index (χ3v) is 4.19. The third-order valence-electron chi connectivity index (χ3n) is 4.19. The van der Waals surface area contributed by atoms with E-state index in [9.17, 15) is 4.79 Å². The summed E-state index contributed by atoms with van der Waals surface area (Å²) < 4.78 is 5.18. The lowest BCUT2D eigenvalue weighted by Crippen LogP contribution is -2.25. The zero-order chi connectivity index (χ0) is 14.8. The zero-order valence-electron chi connectivity index (χ0n) is 12.5. The van der Waals surface area contributed by atoms with Crippen molar-refractivity contribution < 1.29 is 9.32 Å². The largest absolute Gasteiger partial charge is 0.361 e. The van der Waals surface area contributed by atoms with E-state index in [-0.39, 0.29) is 5.91 Å². The summed E-state index contributed by atoms with van der Waals surface area (Å²) in [6, 6.07) is 10.4. The third kappa shape index (κ3) is 2.99. The van der Waals surface area contributed by atoms with E-state index in [4.69, 9.17) is 4.52 Å². The molecule has 0 aliphatic carbocycles. The lowest BCUT2D eigenvalue weighted by Gasteiger charge is -2.16. The molecule has 1 aliphatic rings. The zero-order valence-corrected chi connectivity index (χ0v) is 12.5. The number of benzene rings is 1. The van der Waals surface area contributed by atoms with E-state index in [0.29, 0.717) is 18.9 Å². The molecule has 1 unspecified atom stereocenters. The smallest absolute Gasteiger partial charge is 0.223 e. The van der Waals surface area contributed by atoms with Gasteiger partial charge in [0.25, 0.3) is 0 Å². The van der Waals surface area contributed by atoms with Gasteiger partial charge in [-0.15, -0.1) is 0 Å². The number of likely N-dealkylation sites (tertiary alicyclic amines) is 1. The minimum absolute atomic E-state index is 0.232. The van der Waals surface area contributed by atoms with Crippen molar-refractivity contribution in [3.8, 4) is 0 Å². The van der Waals surface area contributed by atoms with E-state index in [2.05, 4.69) is 17.3 Å². The molecule has 2 aromatic rings. The molecule has 0 N–H and O–H groups in total. The van der Waals surface area contributed by atoms with Crippen molar-refractivity contribution in [1.82, 2.24) is 10.1 Å². The Labute approximate surface area is 124 Å². The number of nitrogens with zero attached hydrogens (tertiary/aromatic N) is 2. The van der Waals surface area contributed by atoms with Crippen LogP contribution in [0.3, 0.4) is 0 Å². The first-order chi connectivity index (χ1) is 10.1. The molecule has 1 saturated heterocycles. The van der Waals surface area contributed by atoms with Gasteiger partial charge in [-0.3, -0.25) is 4.79 Å². The van der Waals surface area contributed by atoms with Crippen molar-refractivity contribution in [1.29, 1.82) is 0 Å². The first-order valence-corrected chi connectivity index (χ1v) is 7.37. The van der Waals surface area contributed by atoms with Crippen LogP contribution in [0.4, 0.5) is 0 Å². The molecule has 4 heteroatoms. The molecule has 110 valence electrons. The number of carbonyl (C=O) groups is 1. The summed E-state index contributed by atoms with van der Waals surface area (Å²) in [5, 5.41) is 3.96. The van der Waals surface area contributed by atoms with Crippen LogP contribution in [0.25, 0.3) is 0 Å². The number of hydrogen-bond donors (Lipinski definition) is 0. The van der Waals surface area contributed by atoms with Crippen LogP contribution in [0.5, 0.6) is 0 Å². The number of carbonyl (C=O) groups excluding carboxylic acids is 1. The molecule has 1 amide bonds. The number of amides is 1. The molecule has 1 aromatic heterocycles. The van der Waals surface area contributed by atoms with Crippen molar-refractivity contribution in [2.75, 3.05) is 6.54 Å². The van der Waals surface area contributed by atoms with Crippen molar-refractivity contribution in [3.63, 3.8) is 0 Å². The van der Waals surface area contributed by atoms with Gasteiger partial charge >= 0.3 is 0 Å². The molecule has 1 atom stereocenters. The SMILES string of the molecule is Cc1noc(C)c1CN1CC(Cc2ccccc2)CC1=O. The van der Waals surface area contributed by atoms with Crippen molar-refractivity contribution in [2.45, 2.75) is 33.2 Å². The first kappa shape index (κ1) is 13.9. The van der Waals surface area contributed by atoms with E-state index in [1.165, 1.54) is 5.56 Å². The van der Waals surface area contributed by atoms with Crippen molar-refractivity contribution >= 4 is 5.91 Å². The molecule has 2 heterocycles. The van der Waals surface area contributed by atoms with Crippen molar-refractivity contribution in [3.05, 3.63) is 52.9 Å². The van der Waals surface area contributed by atoms with Gasteiger partial charge in [0.2, 0.25) is 5.91 Å². The van der Waals surface area contributed by atoms with Crippen LogP contribution in [0.1, 0.15) is 29.0 Å². The molecule has 21 heavy (non-hydrogen) atoms.